The van der Waals surface area contributed by atoms with Crippen molar-refractivity contribution in [2.24, 2.45) is 5.92 Å². The standard InChI is InChI=1S/C25H21ClF3N3O2/c26-20-8-2-6-18(11-20)24(34)32-14-21(17-5-1-7-19(10-17)25(27,28)29)22(15-32)23(33)31-13-16-4-3-9-30-12-16/h1-12,21-22H,13-15H2,(H,31,33). The summed E-state index contributed by atoms with van der Waals surface area (Å²) >= 11 is 6.01. The summed E-state index contributed by atoms with van der Waals surface area (Å²) in [6.45, 7) is 0.406. The summed E-state index contributed by atoms with van der Waals surface area (Å²) in [5.41, 5.74) is 0.708. The van der Waals surface area contributed by atoms with Crippen LogP contribution in [-0.4, -0.2) is 34.8 Å². The van der Waals surface area contributed by atoms with Crippen LogP contribution in [0.2, 0.25) is 5.02 Å². The van der Waals surface area contributed by atoms with E-state index in [0.29, 0.717) is 16.1 Å². The largest absolute Gasteiger partial charge is 0.416 e. The van der Waals surface area contributed by atoms with E-state index in [9.17, 15) is 22.8 Å². The summed E-state index contributed by atoms with van der Waals surface area (Å²) in [6.07, 6.45) is -1.28. The fourth-order valence-corrected chi connectivity index (χ4v) is 4.34. The highest BCUT2D eigenvalue weighted by Crippen LogP contribution is 2.37. The quantitative estimate of drug-likeness (QED) is 0.555. The second kappa shape index (κ2) is 9.85. The SMILES string of the molecule is O=C(NCc1cccnc1)C1CN(C(=O)c2cccc(Cl)c2)CC1c1cccc(C(F)(F)F)c1. The first-order chi connectivity index (χ1) is 16.2. The average Bonchev–Trinajstić information content (AvgIpc) is 3.28. The maximum atomic E-state index is 13.3. The summed E-state index contributed by atoms with van der Waals surface area (Å²) in [6, 6.07) is 14.9. The summed E-state index contributed by atoms with van der Waals surface area (Å²) in [5, 5.41) is 3.23. The van der Waals surface area contributed by atoms with Gasteiger partial charge in [-0.1, -0.05) is 41.9 Å². The fourth-order valence-electron chi connectivity index (χ4n) is 4.15. The number of benzene rings is 2. The number of carbonyl (C=O) groups excluding carboxylic acids is 2. The normalized spacial score (nSPS) is 18.1. The molecule has 1 aliphatic rings. The van der Waals surface area contributed by atoms with Crippen LogP contribution in [0.15, 0.2) is 73.1 Å². The molecule has 2 unspecified atom stereocenters. The van der Waals surface area contributed by atoms with Crippen molar-refractivity contribution < 1.29 is 22.8 Å². The number of hydrogen-bond donors (Lipinski definition) is 1. The lowest BCUT2D eigenvalue weighted by Crippen LogP contribution is -2.35. The monoisotopic (exact) mass is 487 g/mol. The van der Waals surface area contributed by atoms with Gasteiger partial charge in [-0.25, -0.2) is 0 Å². The van der Waals surface area contributed by atoms with E-state index < -0.39 is 23.6 Å². The first-order valence-electron chi connectivity index (χ1n) is 10.6. The fraction of sp³-hybridized carbons (Fsp3) is 0.240. The van der Waals surface area contributed by atoms with Crippen LogP contribution in [0.4, 0.5) is 13.2 Å². The van der Waals surface area contributed by atoms with Crippen molar-refractivity contribution in [2.45, 2.75) is 18.6 Å². The third-order valence-electron chi connectivity index (χ3n) is 5.85. The van der Waals surface area contributed by atoms with Crippen LogP contribution in [0.5, 0.6) is 0 Å². The highest BCUT2D eigenvalue weighted by Gasteiger charge is 2.41. The zero-order chi connectivity index (χ0) is 24.3. The predicted molar refractivity (Wildman–Crippen MR) is 121 cm³/mol. The number of nitrogens with one attached hydrogen (secondary N) is 1. The lowest BCUT2D eigenvalue weighted by atomic mass is 9.87. The molecule has 0 saturated carbocycles. The van der Waals surface area contributed by atoms with Crippen molar-refractivity contribution in [2.75, 3.05) is 13.1 Å². The second-order valence-electron chi connectivity index (χ2n) is 8.14. The van der Waals surface area contributed by atoms with E-state index in [1.54, 1.807) is 48.8 Å². The minimum absolute atomic E-state index is 0.0745. The molecule has 1 saturated heterocycles. The molecule has 176 valence electrons. The van der Waals surface area contributed by atoms with Crippen molar-refractivity contribution in [1.82, 2.24) is 15.2 Å². The molecule has 1 N–H and O–H groups in total. The summed E-state index contributed by atoms with van der Waals surface area (Å²) in [4.78, 5) is 31.7. The Kier molecular flexibility index (Phi) is 6.88. The van der Waals surface area contributed by atoms with Gasteiger partial charge in [0.2, 0.25) is 5.91 Å². The molecule has 0 bridgehead atoms. The van der Waals surface area contributed by atoms with Gasteiger partial charge in [-0.05, 0) is 41.5 Å². The first kappa shape index (κ1) is 23.8. The van der Waals surface area contributed by atoms with E-state index in [1.165, 1.54) is 17.0 Å². The Morgan fingerprint density at radius 1 is 1.06 bits per heavy atom. The zero-order valence-corrected chi connectivity index (χ0v) is 18.7. The number of pyridine rings is 1. The van der Waals surface area contributed by atoms with E-state index >= 15 is 0 Å². The van der Waals surface area contributed by atoms with Gasteiger partial charge in [0.15, 0.2) is 0 Å². The molecule has 3 aromatic rings. The molecule has 2 heterocycles. The molecule has 0 radical (unpaired) electrons. The Labute approximate surface area is 199 Å². The second-order valence-corrected chi connectivity index (χ2v) is 8.57. The van der Waals surface area contributed by atoms with Crippen molar-refractivity contribution in [3.63, 3.8) is 0 Å². The molecule has 2 atom stereocenters. The molecule has 0 aliphatic carbocycles. The van der Waals surface area contributed by atoms with Gasteiger partial charge in [-0.2, -0.15) is 13.2 Å². The van der Waals surface area contributed by atoms with E-state index in [4.69, 9.17) is 11.6 Å². The number of amides is 2. The van der Waals surface area contributed by atoms with E-state index in [2.05, 4.69) is 10.3 Å². The van der Waals surface area contributed by atoms with Crippen molar-refractivity contribution in [3.8, 4) is 0 Å². The van der Waals surface area contributed by atoms with Crippen LogP contribution in [0.25, 0.3) is 0 Å². The molecular weight excluding hydrogens is 467 g/mol. The molecule has 9 heteroatoms. The number of aromatic nitrogens is 1. The van der Waals surface area contributed by atoms with Gasteiger partial charge in [-0.3, -0.25) is 14.6 Å². The Hall–Kier alpha value is -3.39. The van der Waals surface area contributed by atoms with Crippen molar-refractivity contribution >= 4 is 23.4 Å². The maximum Gasteiger partial charge on any atom is 0.416 e. The minimum Gasteiger partial charge on any atom is -0.352 e. The Morgan fingerprint density at radius 3 is 2.56 bits per heavy atom. The van der Waals surface area contributed by atoms with E-state index in [1.807, 2.05) is 0 Å². The lowest BCUT2D eigenvalue weighted by molar-refractivity contribution is -0.137. The van der Waals surface area contributed by atoms with Crippen LogP contribution >= 0.6 is 11.6 Å². The number of nitrogens with zero attached hydrogens (tertiary/aromatic N) is 2. The zero-order valence-electron chi connectivity index (χ0n) is 17.9. The molecule has 2 aromatic carbocycles. The number of carbonyl (C=O) groups is 2. The van der Waals surface area contributed by atoms with Crippen molar-refractivity contribution in [1.29, 1.82) is 0 Å². The first-order valence-corrected chi connectivity index (χ1v) is 11.0. The van der Waals surface area contributed by atoms with Crippen LogP contribution in [0.1, 0.15) is 33.0 Å². The topological polar surface area (TPSA) is 62.3 Å². The summed E-state index contributed by atoms with van der Waals surface area (Å²) in [7, 11) is 0. The highest BCUT2D eigenvalue weighted by atomic mass is 35.5. The molecule has 5 nitrogen and oxygen atoms in total. The average molecular weight is 488 g/mol. The summed E-state index contributed by atoms with van der Waals surface area (Å²) < 4.78 is 40.0. The number of halogens is 4. The van der Waals surface area contributed by atoms with Crippen molar-refractivity contribution in [3.05, 3.63) is 100 Å². The number of alkyl halides is 3. The van der Waals surface area contributed by atoms with Gasteiger partial charge in [-0.15, -0.1) is 0 Å². The maximum absolute atomic E-state index is 13.3. The van der Waals surface area contributed by atoms with Gasteiger partial charge in [0.05, 0.1) is 11.5 Å². The van der Waals surface area contributed by atoms with Crippen LogP contribution in [-0.2, 0) is 17.5 Å². The lowest BCUT2D eigenvalue weighted by Gasteiger charge is -2.19. The predicted octanol–water partition coefficient (Wildman–Crippen LogP) is 4.93. The molecule has 34 heavy (non-hydrogen) atoms. The third kappa shape index (κ3) is 5.39. The molecule has 2 amide bonds. The van der Waals surface area contributed by atoms with E-state index in [-0.39, 0.29) is 31.4 Å². The molecular formula is C25H21ClF3N3O2. The van der Waals surface area contributed by atoms with E-state index in [0.717, 1.165) is 17.7 Å². The number of rotatable bonds is 5. The van der Waals surface area contributed by atoms with Gasteiger partial charge in [0.1, 0.15) is 0 Å². The van der Waals surface area contributed by atoms with Gasteiger partial charge in [0, 0.05) is 48.5 Å². The smallest absolute Gasteiger partial charge is 0.352 e. The molecule has 1 aromatic heterocycles. The highest BCUT2D eigenvalue weighted by molar-refractivity contribution is 6.30. The summed E-state index contributed by atoms with van der Waals surface area (Å²) in [5.74, 6) is -1.99. The molecule has 1 aliphatic heterocycles. The van der Waals surface area contributed by atoms with Crippen LogP contribution < -0.4 is 5.32 Å². The Morgan fingerprint density at radius 2 is 1.85 bits per heavy atom. The molecule has 0 spiro atoms. The van der Waals surface area contributed by atoms with Gasteiger partial charge >= 0.3 is 6.18 Å². The third-order valence-corrected chi connectivity index (χ3v) is 6.08. The molecule has 1 fully saturated rings. The van der Waals surface area contributed by atoms with Gasteiger partial charge in [0.25, 0.3) is 5.91 Å². The number of hydrogen-bond acceptors (Lipinski definition) is 3. The van der Waals surface area contributed by atoms with Gasteiger partial charge < -0.3 is 10.2 Å². The van der Waals surface area contributed by atoms with Crippen LogP contribution in [0.3, 0.4) is 0 Å². The minimum atomic E-state index is -4.51. The Balaban J connectivity index is 1.60. The molecule has 4 rings (SSSR count). The van der Waals surface area contributed by atoms with Crippen LogP contribution in [0, 0.1) is 5.92 Å². The Bertz CT molecular complexity index is 1190. The number of likely N-dealkylation sites (tertiary alicyclic amines) is 1.